The highest BCUT2D eigenvalue weighted by Crippen LogP contribution is 2.39. The number of anilines is 5. The molecule has 204 valence electrons. The van der Waals surface area contributed by atoms with E-state index in [0.29, 0.717) is 35.4 Å². The number of hydroxylamine groups is 1. The number of carbonyl (C=O) groups is 1. The van der Waals surface area contributed by atoms with Gasteiger partial charge in [0.25, 0.3) is 0 Å². The number of aromatic nitrogens is 2. The van der Waals surface area contributed by atoms with Gasteiger partial charge in [0.05, 0.1) is 36.8 Å². The molecule has 10 nitrogen and oxygen atoms in total. The van der Waals surface area contributed by atoms with Crippen molar-refractivity contribution in [2.75, 3.05) is 67.5 Å². The number of ether oxygens (including phenoxy) is 1. The van der Waals surface area contributed by atoms with Gasteiger partial charge < -0.3 is 25.2 Å². The molecule has 0 saturated carbocycles. The molecular formula is C29H35N7O3. The van der Waals surface area contributed by atoms with Crippen LogP contribution in [0.3, 0.4) is 0 Å². The van der Waals surface area contributed by atoms with E-state index in [1.54, 1.807) is 7.11 Å². The molecule has 2 aromatic carbocycles. The molecule has 0 bridgehead atoms. The zero-order valence-corrected chi connectivity index (χ0v) is 22.5. The van der Waals surface area contributed by atoms with Gasteiger partial charge in [0.1, 0.15) is 17.9 Å². The van der Waals surface area contributed by atoms with Crippen LogP contribution in [0.15, 0.2) is 67.5 Å². The monoisotopic (exact) mass is 529 g/mol. The van der Waals surface area contributed by atoms with Crippen LogP contribution < -0.4 is 25.3 Å². The lowest BCUT2D eigenvalue weighted by Gasteiger charge is -2.35. The fourth-order valence-corrected chi connectivity index (χ4v) is 4.94. The second-order valence-corrected chi connectivity index (χ2v) is 9.73. The Labute approximate surface area is 229 Å². The maximum absolute atomic E-state index is 12.3. The second kappa shape index (κ2) is 12.1. The van der Waals surface area contributed by atoms with Crippen molar-refractivity contribution >= 4 is 34.6 Å². The van der Waals surface area contributed by atoms with Crippen molar-refractivity contribution in [1.29, 1.82) is 0 Å². The molecule has 10 heteroatoms. The Hall–Kier alpha value is -4.15. The van der Waals surface area contributed by atoms with Gasteiger partial charge in [-0.05, 0) is 37.6 Å². The molecule has 1 aromatic heterocycles. The Morgan fingerprint density at radius 1 is 1.13 bits per heavy atom. The smallest absolute Gasteiger partial charge is 0.247 e. The summed E-state index contributed by atoms with van der Waals surface area (Å²) in [6, 6.07) is 16.2. The summed E-state index contributed by atoms with van der Waals surface area (Å²) in [5.41, 5.74) is 3.50. The predicted molar refractivity (Wildman–Crippen MR) is 154 cm³/mol. The lowest BCUT2D eigenvalue weighted by atomic mass is 10.0. The van der Waals surface area contributed by atoms with Gasteiger partial charge in [0.15, 0.2) is 5.82 Å². The Bertz CT molecular complexity index is 1300. The van der Waals surface area contributed by atoms with Crippen LogP contribution in [0.25, 0.3) is 0 Å². The highest BCUT2D eigenvalue weighted by molar-refractivity contribution is 6.02. The molecule has 0 radical (unpaired) electrons. The minimum atomic E-state index is -0.276. The van der Waals surface area contributed by atoms with Gasteiger partial charge in [-0.15, -0.1) is 0 Å². The molecular weight excluding hydrogens is 494 g/mol. The summed E-state index contributed by atoms with van der Waals surface area (Å²) in [7, 11) is 3.74. The quantitative estimate of drug-likeness (QED) is 0.401. The first kappa shape index (κ1) is 26.5. The van der Waals surface area contributed by atoms with Crippen molar-refractivity contribution < 1.29 is 14.4 Å². The van der Waals surface area contributed by atoms with Crippen LogP contribution in [0, 0.1) is 0 Å². The molecule has 3 aromatic rings. The van der Waals surface area contributed by atoms with Gasteiger partial charge in [-0.2, -0.15) is 0 Å². The number of piperazine rings is 1. The third-order valence-electron chi connectivity index (χ3n) is 7.07. The van der Waals surface area contributed by atoms with Crippen LogP contribution >= 0.6 is 0 Å². The lowest BCUT2D eigenvalue weighted by molar-refractivity contribution is -0.111. The van der Waals surface area contributed by atoms with Crippen LogP contribution in [0.2, 0.25) is 0 Å². The van der Waals surface area contributed by atoms with Gasteiger partial charge >= 0.3 is 0 Å². The summed E-state index contributed by atoms with van der Waals surface area (Å²) in [6.07, 6.45) is 4.56. The number of likely N-dealkylation sites (N-methyl/N-ethyl adjacent to an activating group) is 1. The van der Waals surface area contributed by atoms with Crippen molar-refractivity contribution in [1.82, 2.24) is 14.9 Å². The molecule has 0 unspecified atom stereocenters. The number of carbonyl (C=O) groups excluding carboxylic acids is 1. The minimum Gasteiger partial charge on any atom is -0.494 e. The van der Waals surface area contributed by atoms with Crippen LogP contribution in [0.1, 0.15) is 12.0 Å². The number of methoxy groups -OCH3 is 1. The van der Waals surface area contributed by atoms with E-state index in [1.165, 1.54) is 18.0 Å². The van der Waals surface area contributed by atoms with E-state index < -0.39 is 0 Å². The molecule has 2 fully saturated rings. The first-order chi connectivity index (χ1) is 19.0. The van der Waals surface area contributed by atoms with Crippen LogP contribution in [0.5, 0.6) is 5.75 Å². The average Bonchev–Trinajstić information content (AvgIpc) is 3.42. The van der Waals surface area contributed by atoms with Crippen molar-refractivity contribution in [3.8, 4) is 5.75 Å². The Morgan fingerprint density at radius 2 is 1.92 bits per heavy atom. The molecule has 0 aliphatic carbocycles. The molecule has 3 heterocycles. The van der Waals surface area contributed by atoms with E-state index >= 15 is 0 Å². The SMILES string of the molecule is C=CC(=O)Nc1cc(Nc2cc(N3OCC[C@H]3Cc3ccccc3)ncn2)c(OC)cc1N1CCN(C)CC1. The van der Waals surface area contributed by atoms with E-state index in [9.17, 15) is 4.79 Å². The first-order valence-electron chi connectivity index (χ1n) is 13.2. The number of hydrogen-bond acceptors (Lipinski definition) is 9. The van der Waals surface area contributed by atoms with Gasteiger partial charge in [0.2, 0.25) is 5.91 Å². The maximum atomic E-state index is 12.3. The van der Waals surface area contributed by atoms with Crippen molar-refractivity contribution in [3.63, 3.8) is 0 Å². The second-order valence-electron chi connectivity index (χ2n) is 9.73. The molecule has 1 amide bonds. The molecule has 2 N–H and O–H groups in total. The van der Waals surface area contributed by atoms with Gasteiger partial charge in [-0.25, -0.2) is 15.0 Å². The average molecular weight is 530 g/mol. The summed E-state index contributed by atoms with van der Waals surface area (Å²) in [5.74, 6) is 1.63. The number of hydrogen-bond donors (Lipinski definition) is 2. The van der Waals surface area contributed by atoms with E-state index in [1.807, 2.05) is 29.3 Å². The standard InChI is InChI=1S/C29H35N7O3/c1-4-29(37)33-23-17-24(26(38-3)18-25(23)35-13-11-34(2)12-14-35)32-27-19-28(31-20-30-27)36-22(10-15-39-36)16-21-8-6-5-7-9-21/h4-9,17-20,22H,1,10-16H2,2-3H3,(H,33,37)(H,30,31,32)/t22-/m0/s1. The van der Waals surface area contributed by atoms with E-state index in [-0.39, 0.29) is 11.9 Å². The zero-order valence-electron chi connectivity index (χ0n) is 22.5. The number of nitrogens with zero attached hydrogens (tertiary/aromatic N) is 5. The summed E-state index contributed by atoms with van der Waals surface area (Å²) in [6.45, 7) is 7.81. The fraction of sp³-hybridized carbons (Fsp3) is 0.345. The van der Waals surface area contributed by atoms with Gasteiger partial charge in [-0.3, -0.25) is 9.63 Å². The van der Waals surface area contributed by atoms with E-state index in [4.69, 9.17) is 9.57 Å². The topological polar surface area (TPSA) is 95.1 Å². The third kappa shape index (κ3) is 6.30. The Balaban J connectivity index is 1.40. The molecule has 1 atom stereocenters. The highest BCUT2D eigenvalue weighted by Gasteiger charge is 2.28. The Morgan fingerprint density at radius 3 is 2.67 bits per heavy atom. The fourth-order valence-electron chi connectivity index (χ4n) is 4.94. The van der Waals surface area contributed by atoms with Gasteiger partial charge in [0, 0.05) is 38.3 Å². The summed E-state index contributed by atoms with van der Waals surface area (Å²) in [5, 5.41) is 8.20. The summed E-state index contributed by atoms with van der Waals surface area (Å²) < 4.78 is 5.76. The molecule has 2 aliphatic rings. The van der Waals surface area contributed by atoms with Crippen molar-refractivity contribution in [2.45, 2.75) is 18.9 Å². The van der Waals surface area contributed by atoms with E-state index in [0.717, 1.165) is 44.7 Å². The zero-order chi connectivity index (χ0) is 27.2. The largest absolute Gasteiger partial charge is 0.494 e. The third-order valence-corrected chi connectivity index (χ3v) is 7.07. The molecule has 2 saturated heterocycles. The van der Waals surface area contributed by atoms with Crippen LogP contribution in [-0.4, -0.2) is 73.8 Å². The van der Waals surface area contributed by atoms with E-state index in [2.05, 4.69) is 68.3 Å². The molecule has 0 spiro atoms. The Kier molecular flexibility index (Phi) is 8.24. The van der Waals surface area contributed by atoms with Crippen molar-refractivity contribution in [2.24, 2.45) is 0 Å². The number of amides is 1. The normalized spacial score (nSPS) is 17.6. The van der Waals surface area contributed by atoms with Crippen molar-refractivity contribution in [3.05, 3.63) is 73.1 Å². The molecule has 5 rings (SSSR count). The van der Waals surface area contributed by atoms with Crippen LogP contribution in [-0.2, 0) is 16.1 Å². The number of nitrogens with one attached hydrogen (secondary N) is 2. The summed E-state index contributed by atoms with van der Waals surface area (Å²) in [4.78, 5) is 31.7. The first-order valence-corrected chi connectivity index (χ1v) is 13.2. The minimum absolute atomic E-state index is 0.174. The molecule has 2 aliphatic heterocycles. The predicted octanol–water partition coefficient (Wildman–Crippen LogP) is 3.86. The summed E-state index contributed by atoms with van der Waals surface area (Å²) >= 11 is 0. The van der Waals surface area contributed by atoms with Gasteiger partial charge in [-0.1, -0.05) is 36.9 Å². The number of rotatable bonds is 9. The maximum Gasteiger partial charge on any atom is 0.247 e. The molecule has 39 heavy (non-hydrogen) atoms. The van der Waals surface area contributed by atoms with Crippen LogP contribution in [0.4, 0.5) is 28.7 Å². The highest BCUT2D eigenvalue weighted by atomic mass is 16.7. The number of benzene rings is 2. The lowest BCUT2D eigenvalue weighted by Crippen LogP contribution is -2.44.